The van der Waals surface area contributed by atoms with Gasteiger partial charge in [-0.1, -0.05) is 0 Å². The summed E-state index contributed by atoms with van der Waals surface area (Å²) in [5, 5.41) is 3.05. The van der Waals surface area contributed by atoms with Gasteiger partial charge in [0.1, 0.15) is 11.6 Å². The van der Waals surface area contributed by atoms with E-state index in [1.54, 1.807) is 0 Å². The highest BCUT2D eigenvalue weighted by Gasteiger charge is 2.07. The van der Waals surface area contributed by atoms with Crippen molar-refractivity contribution in [3.8, 4) is 0 Å². The second-order valence-electron chi connectivity index (χ2n) is 4.46. The predicted octanol–water partition coefficient (Wildman–Crippen LogP) is 3.03. The Bertz CT molecular complexity index is 628. The van der Waals surface area contributed by atoms with Crippen LogP contribution < -0.4 is 5.32 Å². The van der Waals surface area contributed by atoms with E-state index in [1.807, 2.05) is 12.1 Å². The van der Waals surface area contributed by atoms with Crippen molar-refractivity contribution in [1.29, 1.82) is 0 Å². The number of carbonyl (C=O) groups is 1. The molecule has 0 radical (unpaired) electrons. The zero-order valence-electron chi connectivity index (χ0n) is 11.5. The van der Waals surface area contributed by atoms with Crippen molar-refractivity contribution in [3.63, 3.8) is 0 Å². The van der Waals surface area contributed by atoms with Crippen LogP contribution in [0.2, 0.25) is 0 Å². The number of ether oxygens (including phenoxy) is 1. The fraction of sp³-hybridized carbons (Fsp3) is 0.267. The molecule has 0 atom stereocenters. The van der Waals surface area contributed by atoms with Gasteiger partial charge < -0.3 is 10.1 Å². The third-order valence-electron chi connectivity index (χ3n) is 2.89. The fourth-order valence-corrected chi connectivity index (χ4v) is 2.80. The Hall–Kier alpha value is -1.79. The summed E-state index contributed by atoms with van der Waals surface area (Å²) >= 11 is 1.49. The van der Waals surface area contributed by atoms with Gasteiger partial charge in [0.05, 0.1) is 13.5 Å². The van der Waals surface area contributed by atoms with Crippen molar-refractivity contribution in [2.24, 2.45) is 0 Å². The number of hydrogen-bond acceptors (Lipinski definition) is 4. The van der Waals surface area contributed by atoms with Gasteiger partial charge in [-0.05, 0) is 30.3 Å². The number of nitrogens with one attached hydrogen (secondary N) is 1. The van der Waals surface area contributed by atoms with Gasteiger partial charge in [-0.2, -0.15) is 0 Å². The maximum Gasteiger partial charge on any atom is 0.310 e. The summed E-state index contributed by atoms with van der Waals surface area (Å²) in [6.07, 6.45) is 0.250. The Balaban J connectivity index is 1.86. The largest absolute Gasteiger partial charge is 0.469 e. The molecule has 0 saturated heterocycles. The lowest BCUT2D eigenvalue weighted by Gasteiger charge is -2.05. The Labute approximate surface area is 125 Å². The van der Waals surface area contributed by atoms with Crippen LogP contribution in [0.3, 0.4) is 0 Å². The summed E-state index contributed by atoms with van der Waals surface area (Å²) in [7, 11) is 1.35. The highest BCUT2D eigenvalue weighted by atomic mass is 32.1. The summed E-state index contributed by atoms with van der Waals surface area (Å²) in [6.45, 7) is 0.773. The smallest absolute Gasteiger partial charge is 0.310 e. The third-order valence-corrected chi connectivity index (χ3v) is 3.97. The molecule has 0 aliphatic carbocycles. The van der Waals surface area contributed by atoms with Crippen LogP contribution in [-0.2, 0) is 29.0 Å². The van der Waals surface area contributed by atoms with Crippen molar-refractivity contribution in [2.45, 2.75) is 19.5 Å². The van der Waals surface area contributed by atoms with E-state index < -0.39 is 11.6 Å². The van der Waals surface area contributed by atoms with Gasteiger partial charge in [0.2, 0.25) is 0 Å². The molecule has 0 fully saturated rings. The minimum atomic E-state index is -0.454. The number of esters is 1. The molecule has 0 amide bonds. The summed E-state index contributed by atoms with van der Waals surface area (Å²) < 4.78 is 31.0. The zero-order chi connectivity index (χ0) is 15.2. The van der Waals surface area contributed by atoms with Crippen molar-refractivity contribution in [1.82, 2.24) is 5.32 Å². The lowest BCUT2D eigenvalue weighted by molar-refractivity contribution is -0.139. The molecule has 6 heteroatoms. The summed E-state index contributed by atoms with van der Waals surface area (Å²) in [5.74, 6) is -1.16. The lowest BCUT2D eigenvalue weighted by Crippen LogP contribution is -2.13. The molecular formula is C15H15F2NO2S. The highest BCUT2D eigenvalue weighted by Crippen LogP contribution is 2.17. The number of methoxy groups -OCH3 is 1. The average Bonchev–Trinajstić information content (AvgIpc) is 2.90. The zero-order valence-corrected chi connectivity index (χ0v) is 12.3. The Morgan fingerprint density at radius 1 is 1.19 bits per heavy atom. The van der Waals surface area contributed by atoms with E-state index in [1.165, 1.54) is 24.5 Å². The maximum atomic E-state index is 13.4. The molecule has 0 bridgehead atoms. The van der Waals surface area contributed by atoms with Gasteiger partial charge in [-0.25, -0.2) is 8.78 Å². The molecular weight excluding hydrogens is 296 g/mol. The van der Waals surface area contributed by atoms with E-state index in [4.69, 9.17) is 0 Å². The van der Waals surface area contributed by atoms with Crippen LogP contribution in [0.4, 0.5) is 8.78 Å². The quantitative estimate of drug-likeness (QED) is 0.833. The molecule has 2 rings (SSSR count). The normalized spacial score (nSPS) is 10.6. The Morgan fingerprint density at radius 3 is 2.71 bits per heavy atom. The molecule has 0 saturated carbocycles. The van der Waals surface area contributed by atoms with E-state index in [0.717, 1.165) is 21.9 Å². The molecule has 0 spiro atoms. The molecule has 1 aromatic heterocycles. The van der Waals surface area contributed by atoms with Crippen LogP contribution in [0.5, 0.6) is 0 Å². The summed E-state index contributed by atoms with van der Waals surface area (Å²) in [4.78, 5) is 13.1. The first-order chi connectivity index (χ1) is 10.1. The Kier molecular flexibility index (Phi) is 5.41. The van der Waals surface area contributed by atoms with Crippen molar-refractivity contribution < 1.29 is 18.3 Å². The SMILES string of the molecule is COC(=O)Cc1ccc(CNCc2cc(F)ccc2F)s1. The minimum absolute atomic E-state index is 0.244. The summed E-state index contributed by atoms with van der Waals surface area (Å²) in [6, 6.07) is 7.15. The van der Waals surface area contributed by atoms with Gasteiger partial charge in [0, 0.05) is 28.4 Å². The first-order valence-electron chi connectivity index (χ1n) is 6.37. The van der Waals surface area contributed by atoms with E-state index in [0.29, 0.717) is 12.1 Å². The number of rotatable bonds is 6. The van der Waals surface area contributed by atoms with Crippen molar-refractivity contribution >= 4 is 17.3 Å². The van der Waals surface area contributed by atoms with Gasteiger partial charge in [0.25, 0.3) is 0 Å². The molecule has 1 N–H and O–H groups in total. The lowest BCUT2D eigenvalue weighted by atomic mass is 10.2. The summed E-state index contributed by atoms with van der Waals surface area (Å²) in [5.41, 5.74) is 0.293. The van der Waals surface area contributed by atoms with E-state index in [2.05, 4.69) is 10.1 Å². The molecule has 3 nitrogen and oxygen atoms in total. The standard InChI is InChI=1S/C15H15F2NO2S/c1-20-15(19)7-12-3-4-13(21-12)9-18-8-10-6-11(16)2-5-14(10)17/h2-6,18H,7-9H2,1H3. The van der Waals surface area contributed by atoms with Crippen LogP contribution in [0.1, 0.15) is 15.3 Å². The number of halogens is 2. The second kappa shape index (κ2) is 7.28. The van der Waals surface area contributed by atoms with E-state index in [9.17, 15) is 13.6 Å². The average molecular weight is 311 g/mol. The van der Waals surface area contributed by atoms with Gasteiger partial charge in [-0.15, -0.1) is 11.3 Å². The molecule has 21 heavy (non-hydrogen) atoms. The first kappa shape index (κ1) is 15.6. The van der Waals surface area contributed by atoms with Crippen LogP contribution in [0.25, 0.3) is 0 Å². The molecule has 0 aliphatic heterocycles. The van der Waals surface area contributed by atoms with Crippen molar-refractivity contribution in [2.75, 3.05) is 7.11 Å². The monoisotopic (exact) mass is 311 g/mol. The topological polar surface area (TPSA) is 38.3 Å². The molecule has 2 aromatic rings. The molecule has 0 unspecified atom stereocenters. The number of carbonyl (C=O) groups excluding carboxylic acids is 1. The minimum Gasteiger partial charge on any atom is -0.469 e. The number of thiophene rings is 1. The number of hydrogen-bond donors (Lipinski definition) is 1. The predicted molar refractivity (Wildman–Crippen MR) is 76.9 cm³/mol. The maximum absolute atomic E-state index is 13.4. The van der Waals surface area contributed by atoms with Gasteiger partial charge >= 0.3 is 5.97 Å². The van der Waals surface area contributed by atoms with Gasteiger partial charge in [0.15, 0.2) is 0 Å². The van der Waals surface area contributed by atoms with E-state index in [-0.39, 0.29) is 18.9 Å². The number of benzene rings is 1. The first-order valence-corrected chi connectivity index (χ1v) is 7.19. The van der Waals surface area contributed by atoms with Crippen LogP contribution in [0, 0.1) is 11.6 Å². The van der Waals surface area contributed by atoms with Crippen LogP contribution in [-0.4, -0.2) is 13.1 Å². The highest BCUT2D eigenvalue weighted by molar-refractivity contribution is 7.12. The van der Waals surface area contributed by atoms with Crippen LogP contribution >= 0.6 is 11.3 Å². The van der Waals surface area contributed by atoms with Crippen LogP contribution in [0.15, 0.2) is 30.3 Å². The second-order valence-corrected chi connectivity index (χ2v) is 5.71. The molecule has 1 aromatic carbocycles. The Morgan fingerprint density at radius 2 is 1.95 bits per heavy atom. The third kappa shape index (κ3) is 4.61. The molecule has 1 heterocycles. The van der Waals surface area contributed by atoms with E-state index >= 15 is 0 Å². The molecule has 0 aliphatic rings. The molecule has 112 valence electrons. The van der Waals surface area contributed by atoms with Crippen molar-refractivity contribution in [3.05, 3.63) is 57.3 Å². The fourth-order valence-electron chi connectivity index (χ4n) is 1.83. The van der Waals surface area contributed by atoms with Gasteiger partial charge in [-0.3, -0.25) is 4.79 Å².